The van der Waals surface area contributed by atoms with Gasteiger partial charge in [-0.15, -0.1) is 0 Å². The van der Waals surface area contributed by atoms with Gasteiger partial charge in [0.05, 0.1) is 12.0 Å². The van der Waals surface area contributed by atoms with Crippen molar-refractivity contribution >= 4 is 11.7 Å². The minimum Gasteiger partial charge on any atom is -0.465 e. The van der Waals surface area contributed by atoms with Gasteiger partial charge < -0.3 is 4.74 Å². The predicted octanol–water partition coefficient (Wildman–Crippen LogP) is 1.85. The Hall–Kier alpha value is -2.19. The molecule has 0 spiro atoms. The quantitative estimate of drug-likeness (QED) is 0.464. The van der Waals surface area contributed by atoms with Crippen LogP contribution < -0.4 is 0 Å². The van der Waals surface area contributed by atoms with Crippen LogP contribution in [0.15, 0.2) is 6.20 Å². The zero-order chi connectivity index (χ0) is 13.2. The van der Waals surface area contributed by atoms with E-state index < -0.39 is 40.1 Å². The Morgan fingerprint density at radius 1 is 1.59 bits per heavy atom. The van der Waals surface area contributed by atoms with Crippen molar-refractivity contribution in [3.63, 3.8) is 0 Å². The first-order valence-electron chi connectivity index (χ1n) is 4.09. The van der Waals surface area contributed by atoms with E-state index in [1.54, 1.807) is 0 Å². The van der Waals surface area contributed by atoms with E-state index in [4.69, 9.17) is 0 Å². The number of carbonyl (C=O) groups excluding carboxylic acids is 1. The molecule has 0 radical (unpaired) electrons. The van der Waals surface area contributed by atoms with Crippen molar-refractivity contribution < 1.29 is 27.6 Å². The summed E-state index contributed by atoms with van der Waals surface area (Å²) in [4.78, 5) is 23.1. The molecule has 0 aliphatic rings. The van der Waals surface area contributed by atoms with Crippen molar-refractivity contribution in [2.45, 2.75) is 6.43 Å². The van der Waals surface area contributed by atoms with Crippen molar-refractivity contribution in [3.8, 4) is 0 Å². The monoisotopic (exact) mass is 250 g/mol. The van der Waals surface area contributed by atoms with Gasteiger partial charge in [-0.25, -0.2) is 18.6 Å². The largest absolute Gasteiger partial charge is 0.465 e. The van der Waals surface area contributed by atoms with Gasteiger partial charge in [0.2, 0.25) is 5.82 Å². The predicted molar refractivity (Wildman–Crippen MR) is 47.1 cm³/mol. The lowest BCUT2D eigenvalue weighted by Crippen LogP contribution is -2.10. The summed E-state index contributed by atoms with van der Waals surface area (Å²) in [6.45, 7) is 0. The van der Waals surface area contributed by atoms with Gasteiger partial charge in [0.25, 0.3) is 6.43 Å². The van der Waals surface area contributed by atoms with Gasteiger partial charge >= 0.3 is 11.7 Å². The Morgan fingerprint density at radius 2 is 2.18 bits per heavy atom. The highest BCUT2D eigenvalue weighted by atomic mass is 19.3. The van der Waals surface area contributed by atoms with Crippen LogP contribution in [0.1, 0.15) is 22.5 Å². The number of methoxy groups -OCH3 is 1. The first-order valence-corrected chi connectivity index (χ1v) is 4.09. The number of nitro groups is 1. The number of esters is 1. The maximum Gasteiger partial charge on any atom is 0.342 e. The zero-order valence-corrected chi connectivity index (χ0v) is 8.32. The molecule has 0 saturated carbocycles. The fraction of sp³-hybridized carbons (Fsp3) is 0.250. The number of carbonyl (C=O) groups is 1. The third kappa shape index (κ3) is 2.32. The van der Waals surface area contributed by atoms with Crippen LogP contribution in [0.5, 0.6) is 0 Å². The van der Waals surface area contributed by atoms with E-state index in [2.05, 4.69) is 9.72 Å². The lowest BCUT2D eigenvalue weighted by atomic mass is 10.2. The van der Waals surface area contributed by atoms with Gasteiger partial charge in [0.15, 0.2) is 5.69 Å². The molecule has 0 bridgehead atoms. The molecule has 0 aliphatic carbocycles. The molecular weight excluding hydrogens is 245 g/mol. The lowest BCUT2D eigenvalue weighted by Gasteiger charge is -2.05. The topological polar surface area (TPSA) is 82.3 Å². The molecule has 9 heteroatoms. The van der Waals surface area contributed by atoms with Gasteiger partial charge in [0.1, 0.15) is 5.56 Å². The minimum absolute atomic E-state index is 0.468. The highest BCUT2D eigenvalue weighted by Crippen LogP contribution is 2.30. The third-order valence-electron chi connectivity index (χ3n) is 1.81. The molecule has 0 fully saturated rings. The summed E-state index contributed by atoms with van der Waals surface area (Å²) in [6, 6.07) is 0. The van der Waals surface area contributed by atoms with E-state index in [9.17, 15) is 28.1 Å². The molecule has 0 amide bonds. The lowest BCUT2D eigenvalue weighted by molar-refractivity contribution is -0.389. The maximum absolute atomic E-state index is 13.5. The van der Waals surface area contributed by atoms with E-state index >= 15 is 0 Å². The number of alkyl halides is 2. The molecular formula is C8H5F3N2O4. The van der Waals surface area contributed by atoms with E-state index in [1.165, 1.54) is 0 Å². The third-order valence-corrected chi connectivity index (χ3v) is 1.81. The first kappa shape index (κ1) is 12.9. The number of ether oxygens (including phenoxy) is 1. The van der Waals surface area contributed by atoms with Crippen LogP contribution in [0.25, 0.3) is 0 Å². The number of hydrogen-bond acceptors (Lipinski definition) is 5. The maximum atomic E-state index is 13.5. The zero-order valence-electron chi connectivity index (χ0n) is 8.32. The molecule has 0 aliphatic heterocycles. The van der Waals surface area contributed by atoms with E-state index in [-0.39, 0.29) is 0 Å². The van der Waals surface area contributed by atoms with Crippen LogP contribution in [0, 0.1) is 15.9 Å². The summed E-state index contributed by atoms with van der Waals surface area (Å²) in [6.07, 6.45) is -2.85. The molecule has 1 heterocycles. The molecule has 92 valence electrons. The number of rotatable bonds is 3. The summed E-state index contributed by atoms with van der Waals surface area (Å²) in [7, 11) is 0.911. The van der Waals surface area contributed by atoms with E-state index in [1.807, 2.05) is 0 Å². The van der Waals surface area contributed by atoms with Crippen LogP contribution in [-0.4, -0.2) is 23.0 Å². The second-order valence-corrected chi connectivity index (χ2v) is 2.77. The van der Waals surface area contributed by atoms with Crippen molar-refractivity contribution in [1.29, 1.82) is 0 Å². The SMILES string of the molecule is COC(=O)c1cnc(C(F)F)c([N+](=O)[O-])c1F. The highest BCUT2D eigenvalue weighted by molar-refractivity contribution is 5.90. The Kier molecular flexibility index (Phi) is 3.61. The Labute approximate surface area is 92.2 Å². The Balaban J connectivity index is 3.49. The molecule has 17 heavy (non-hydrogen) atoms. The number of pyridine rings is 1. The average Bonchev–Trinajstić information content (AvgIpc) is 2.26. The van der Waals surface area contributed by atoms with E-state index in [0.29, 0.717) is 6.20 Å². The number of halogens is 3. The van der Waals surface area contributed by atoms with Crippen molar-refractivity contribution in [3.05, 3.63) is 33.4 Å². The summed E-state index contributed by atoms with van der Waals surface area (Å²) in [5.41, 5.74) is -3.73. The van der Waals surface area contributed by atoms with Crippen molar-refractivity contribution in [1.82, 2.24) is 4.98 Å². The summed E-state index contributed by atoms with van der Waals surface area (Å²) >= 11 is 0. The molecule has 0 aromatic carbocycles. The average molecular weight is 250 g/mol. The Morgan fingerprint density at radius 3 is 2.59 bits per heavy atom. The van der Waals surface area contributed by atoms with Crippen molar-refractivity contribution in [2.24, 2.45) is 0 Å². The van der Waals surface area contributed by atoms with Crippen LogP contribution in [-0.2, 0) is 4.74 Å². The smallest absolute Gasteiger partial charge is 0.342 e. The molecule has 0 saturated heterocycles. The molecule has 6 nitrogen and oxygen atoms in total. The number of hydrogen-bond donors (Lipinski definition) is 0. The fourth-order valence-corrected chi connectivity index (χ4v) is 1.08. The normalized spacial score (nSPS) is 10.4. The second-order valence-electron chi connectivity index (χ2n) is 2.77. The van der Waals surface area contributed by atoms with Gasteiger partial charge in [-0.2, -0.15) is 4.39 Å². The number of nitrogens with zero attached hydrogens (tertiary/aromatic N) is 2. The fourth-order valence-electron chi connectivity index (χ4n) is 1.08. The van der Waals surface area contributed by atoms with Gasteiger partial charge in [0, 0.05) is 6.20 Å². The minimum atomic E-state index is -3.32. The summed E-state index contributed by atoms with van der Waals surface area (Å²) < 4.78 is 42.3. The van der Waals surface area contributed by atoms with E-state index in [0.717, 1.165) is 7.11 Å². The van der Waals surface area contributed by atoms with Crippen LogP contribution in [0.3, 0.4) is 0 Å². The molecule has 1 aromatic heterocycles. The van der Waals surface area contributed by atoms with Gasteiger partial charge in [-0.05, 0) is 0 Å². The van der Waals surface area contributed by atoms with Crippen LogP contribution >= 0.6 is 0 Å². The molecule has 1 rings (SSSR count). The van der Waals surface area contributed by atoms with Crippen LogP contribution in [0.4, 0.5) is 18.9 Å². The molecule has 0 N–H and O–H groups in total. The molecule has 0 atom stereocenters. The standard InChI is InChI=1S/C8H5F3N2O4/c1-17-8(14)3-2-12-5(7(10)11)6(4(3)9)13(15)16/h2,7H,1H3. The molecule has 0 unspecified atom stereocenters. The molecule has 1 aromatic rings. The van der Waals surface area contributed by atoms with Gasteiger partial charge in [-0.1, -0.05) is 0 Å². The second kappa shape index (κ2) is 4.76. The van der Waals surface area contributed by atoms with Crippen LogP contribution in [0.2, 0.25) is 0 Å². The van der Waals surface area contributed by atoms with Crippen molar-refractivity contribution in [2.75, 3.05) is 7.11 Å². The first-order chi connectivity index (χ1) is 7.90. The summed E-state index contributed by atoms with van der Waals surface area (Å²) in [5.74, 6) is -2.92. The summed E-state index contributed by atoms with van der Waals surface area (Å²) in [5, 5.41) is 10.5. The highest BCUT2D eigenvalue weighted by Gasteiger charge is 2.32. The van der Waals surface area contributed by atoms with Gasteiger partial charge in [-0.3, -0.25) is 10.1 Å². The Bertz CT molecular complexity index is 478. The number of aromatic nitrogens is 1.